The van der Waals surface area contributed by atoms with E-state index >= 15 is 0 Å². The van der Waals surface area contributed by atoms with E-state index in [1.54, 1.807) is 4.90 Å². The number of fused-ring (bicyclic) bond motifs is 1. The Morgan fingerprint density at radius 2 is 1.88 bits per heavy atom. The van der Waals surface area contributed by atoms with Crippen molar-refractivity contribution in [2.75, 3.05) is 0 Å². The fraction of sp³-hybridized carbons (Fsp3) is 0.350. The van der Waals surface area contributed by atoms with Gasteiger partial charge in [-0.05, 0) is 56.0 Å². The summed E-state index contributed by atoms with van der Waals surface area (Å²) in [6.07, 6.45) is 8.12. The molecule has 0 bridgehead atoms. The molecule has 4 nitrogen and oxygen atoms in total. The van der Waals surface area contributed by atoms with Gasteiger partial charge in [0.05, 0.1) is 5.54 Å². The Bertz CT molecular complexity index is 781. The highest BCUT2D eigenvalue weighted by atomic mass is 16.4. The molecule has 24 heavy (non-hydrogen) atoms. The molecule has 3 N–H and O–H groups in total. The monoisotopic (exact) mass is 324 g/mol. The zero-order chi connectivity index (χ0) is 17.6. The number of rotatable bonds is 3. The van der Waals surface area contributed by atoms with Crippen LogP contribution >= 0.6 is 0 Å². The molecular weight excluding hydrogens is 300 g/mol. The number of hydrogen-bond acceptors (Lipinski definition) is 3. The van der Waals surface area contributed by atoms with Crippen molar-refractivity contribution in [1.29, 1.82) is 0 Å². The van der Waals surface area contributed by atoms with Gasteiger partial charge in [-0.2, -0.15) is 0 Å². The number of carbonyl (C=O) groups is 1. The van der Waals surface area contributed by atoms with Crippen molar-refractivity contribution in [2.45, 2.75) is 45.7 Å². The van der Waals surface area contributed by atoms with Crippen molar-refractivity contribution in [2.24, 2.45) is 5.73 Å². The lowest BCUT2D eigenvalue weighted by Gasteiger charge is -2.34. The van der Waals surface area contributed by atoms with Gasteiger partial charge in [-0.3, -0.25) is 0 Å². The fourth-order valence-corrected chi connectivity index (χ4v) is 4.16. The number of carboxylic acid groups (broad SMARTS) is 1. The van der Waals surface area contributed by atoms with Crippen molar-refractivity contribution in [3.05, 3.63) is 64.5 Å². The van der Waals surface area contributed by atoms with Crippen molar-refractivity contribution in [3.63, 3.8) is 0 Å². The summed E-state index contributed by atoms with van der Waals surface area (Å²) in [5, 5.41) is 9.86. The van der Waals surface area contributed by atoms with Crippen LogP contribution in [0.1, 0.15) is 35.6 Å². The molecule has 2 atom stereocenters. The van der Waals surface area contributed by atoms with Crippen LogP contribution in [0.25, 0.3) is 5.57 Å². The minimum atomic E-state index is -0.940. The van der Waals surface area contributed by atoms with Crippen molar-refractivity contribution in [1.82, 2.24) is 4.90 Å². The molecule has 2 heterocycles. The van der Waals surface area contributed by atoms with Gasteiger partial charge in [0.15, 0.2) is 6.04 Å². The first-order chi connectivity index (χ1) is 11.3. The largest absolute Gasteiger partial charge is 0.480 e. The Kier molecular flexibility index (Phi) is 3.88. The second kappa shape index (κ2) is 5.64. The maximum atomic E-state index is 12.0. The van der Waals surface area contributed by atoms with Crippen LogP contribution in [0.15, 0.2) is 42.3 Å². The molecule has 1 aromatic carbocycles. The maximum absolute atomic E-state index is 12.0. The first-order valence-corrected chi connectivity index (χ1v) is 8.29. The van der Waals surface area contributed by atoms with Crippen molar-refractivity contribution >= 4 is 11.5 Å². The zero-order valence-electron chi connectivity index (χ0n) is 14.6. The van der Waals surface area contributed by atoms with Crippen LogP contribution in [-0.2, 0) is 4.79 Å². The molecule has 2 aliphatic heterocycles. The summed E-state index contributed by atoms with van der Waals surface area (Å²) in [6, 6.07) is 3.47. The minimum absolute atomic E-state index is 0.549. The molecule has 1 aromatic rings. The lowest BCUT2D eigenvalue weighted by atomic mass is 9.77. The molecule has 0 saturated carbocycles. The van der Waals surface area contributed by atoms with E-state index in [1.807, 2.05) is 31.4 Å². The van der Waals surface area contributed by atoms with E-state index < -0.39 is 17.6 Å². The summed E-state index contributed by atoms with van der Waals surface area (Å²) in [7, 11) is 0. The van der Waals surface area contributed by atoms with E-state index in [2.05, 4.69) is 32.9 Å². The van der Waals surface area contributed by atoms with Crippen LogP contribution in [-0.4, -0.2) is 27.6 Å². The molecule has 0 amide bonds. The number of benzene rings is 1. The zero-order valence-corrected chi connectivity index (χ0v) is 14.6. The van der Waals surface area contributed by atoms with Crippen LogP contribution in [0.5, 0.6) is 0 Å². The smallest absolute Gasteiger partial charge is 0.328 e. The van der Waals surface area contributed by atoms with E-state index in [0.717, 1.165) is 28.0 Å². The molecule has 0 spiro atoms. The third kappa shape index (κ3) is 2.21. The quantitative estimate of drug-likeness (QED) is 0.895. The second-order valence-corrected chi connectivity index (χ2v) is 6.78. The average Bonchev–Trinajstić information content (AvgIpc) is 2.76. The van der Waals surface area contributed by atoms with Gasteiger partial charge in [-0.1, -0.05) is 30.7 Å². The van der Waals surface area contributed by atoms with Crippen LogP contribution in [0, 0.1) is 20.8 Å². The molecular formula is C20H24N2O2. The highest BCUT2D eigenvalue weighted by molar-refractivity contribution is 5.92. The lowest BCUT2D eigenvalue weighted by Crippen LogP contribution is -2.56. The number of allylic oxidation sites excluding steroid dienone is 3. The van der Waals surface area contributed by atoms with Gasteiger partial charge in [-0.25, -0.2) is 4.79 Å². The Hall–Kier alpha value is -2.33. The number of aliphatic carboxylic acids is 1. The SMILES string of the molecule is CCC1(N)C(c2c(C)cc(C)cc2C)=C2C=CC=CN2C1C(=O)O. The Balaban J connectivity index is 2.34. The normalized spacial score (nSPS) is 25.4. The number of aryl methyl sites for hydroxylation is 3. The first kappa shape index (κ1) is 16.5. The van der Waals surface area contributed by atoms with Gasteiger partial charge in [0.1, 0.15) is 0 Å². The number of hydrogen-bond donors (Lipinski definition) is 2. The topological polar surface area (TPSA) is 66.6 Å². The van der Waals surface area contributed by atoms with Gasteiger partial charge in [0, 0.05) is 17.5 Å². The molecule has 2 aliphatic rings. The van der Waals surface area contributed by atoms with Gasteiger partial charge in [-0.15, -0.1) is 0 Å². The predicted octanol–water partition coefficient (Wildman–Crippen LogP) is 3.28. The fourth-order valence-electron chi connectivity index (χ4n) is 4.16. The van der Waals surface area contributed by atoms with Gasteiger partial charge in [0.2, 0.25) is 0 Å². The van der Waals surface area contributed by atoms with Gasteiger partial charge in [0.25, 0.3) is 0 Å². The number of nitrogens with two attached hydrogens (primary N) is 1. The molecule has 2 unspecified atom stereocenters. The molecule has 0 fully saturated rings. The predicted molar refractivity (Wildman–Crippen MR) is 96.3 cm³/mol. The van der Waals surface area contributed by atoms with Gasteiger partial charge < -0.3 is 15.7 Å². The number of carboxylic acids is 1. The standard InChI is InChI=1S/C20H24N2O2/c1-5-20(21)17(16-13(3)10-12(2)11-14(16)4)15-8-6-7-9-22(15)18(20)19(23)24/h6-11,18H,5,21H2,1-4H3,(H,23,24). The molecule has 0 saturated heterocycles. The Labute approximate surface area is 143 Å². The van der Waals surface area contributed by atoms with E-state index in [0.29, 0.717) is 6.42 Å². The van der Waals surface area contributed by atoms with E-state index in [1.165, 1.54) is 5.56 Å². The average molecular weight is 324 g/mol. The maximum Gasteiger partial charge on any atom is 0.328 e. The molecule has 4 heteroatoms. The highest BCUT2D eigenvalue weighted by Gasteiger charge is 2.53. The summed E-state index contributed by atoms with van der Waals surface area (Å²) in [5.41, 5.74) is 12.2. The van der Waals surface area contributed by atoms with E-state index in [4.69, 9.17) is 5.73 Å². The molecule has 0 radical (unpaired) electrons. The molecule has 0 aliphatic carbocycles. The van der Waals surface area contributed by atoms with Crippen LogP contribution in [0.4, 0.5) is 0 Å². The summed E-state index contributed by atoms with van der Waals surface area (Å²) in [6.45, 7) is 8.17. The third-order valence-electron chi connectivity index (χ3n) is 5.12. The van der Waals surface area contributed by atoms with E-state index in [9.17, 15) is 9.90 Å². The van der Waals surface area contributed by atoms with Crippen LogP contribution in [0.3, 0.4) is 0 Å². The summed E-state index contributed by atoms with van der Waals surface area (Å²) in [4.78, 5) is 13.8. The second-order valence-electron chi connectivity index (χ2n) is 6.78. The van der Waals surface area contributed by atoms with E-state index in [-0.39, 0.29) is 0 Å². The first-order valence-electron chi connectivity index (χ1n) is 8.29. The Morgan fingerprint density at radius 3 is 2.42 bits per heavy atom. The van der Waals surface area contributed by atoms with Gasteiger partial charge >= 0.3 is 5.97 Å². The van der Waals surface area contributed by atoms with Crippen molar-refractivity contribution < 1.29 is 9.90 Å². The minimum Gasteiger partial charge on any atom is -0.480 e. The van der Waals surface area contributed by atoms with Crippen molar-refractivity contribution in [3.8, 4) is 0 Å². The van der Waals surface area contributed by atoms with Crippen LogP contribution < -0.4 is 5.73 Å². The summed E-state index contributed by atoms with van der Waals surface area (Å²) in [5.74, 6) is -0.894. The summed E-state index contributed by atoms with van der Waals surface area (Å²) < 4.78 is 0. The Morgan fingerprint density at radius 1 is 1.25 bits per heavy atom. The number of nitrogens with zero attached hydrogens (tertiary/aromatic N) is 1. The third-order valence-corrected chi connectivity index (χ3v) is 5.12. The molecule has 0 aromatic heterocycles. The summed E-state index contributed by atoms with van der Waals surface area (Å²) >= 11 is 0. The highest BCUT2D eigenvalue weighted by Crippen LogP contribution is 2.47. The molecule has 3 rings (SSSR count). The lowest BCUT2D eigenvalue weighted by molar-refractivity contribution is -0.142. The van der Waals surface area contributed by atoms with Crippen LogP contribution in [0.2, 0.25) is 0 Å². The molecule has 126 valence electrons.